The number of aryl methyl sites for hydroxylation is 2. The Bertz CT molecular complexity index is 606. The van der Waals surface area contributed by atoms with Crippen molar-refractivity contribution in [3.05, 3.63) is 28.8 Å². The highest BCUT2D eigenvalue weighted by Gasteiger charge is 2.48. The Morgan fingerprint density at radius 3 is 2.00 bits per heavy atom. The fourth-order valence-electron chi connectivity index (χ4n) is 2.23. The maximum Gasteiger partial charge on any atom is 0.725 e. The zero-order valence-electron chi connectivity index (χ0n) is 12.9. The van der Waals surface area contributed by atoms with Gasteiger partial charge in [0.15, 0.2) is 0 Å². The Hall–Kier alpha value is -2.68. The molecule has 0 aromatic heterocycles. The lowest BCUT2D eigenvalue weighted by molar-refractivity contribution is 0.212. The van der Waals surface area contributed by atoms with Gasteiger partial charge in [0.2, 0.25) is 0 Å². The summed E-state index contributed by atoms with van der Waals surface area (Å²) in [5.41, 5.74) is 3.15. The first-order chi connectivity index (χ1) is 10.5. The number of ether oxygens (including phenoxy) is 1. The van der Waals surface area contributed by atoms with Crippen molar-refractivity contribution in [2.75, 3.05) is 7.11 Å². The van der Waals surface area contributed by atoms with Crippen LogP contribution in [0.15, 0.2) is 12.1 Å². The molecule has 4 nitrogen and oxygen atoms in total. The second-order valence-corrected chi connectivity index (χ2v) is 7.02. The third kappa shape index (κ3) is 3.91. The van der Waals surface area contributed by atoms with E-state index in [1.165, 1.54) is 0 Å². The molecule has 0 aliphatic heterocycles. The molecule has 0 spiro atoms. The smallest absolute Gasteiger partial charge is 0.496 e. The van der Waals surface area contributed by atoms with Gasteiger partial charge in [-0.3, -0.25) is 0 Å². The van der Waals surface area contributed by atoms with E-state index in [4.69, 9.17) is 37.3 Å². The van der Waals surface area contributed by atoms with Crippen molar-refractivity contribution < 1.29 is 18.0 Å². The van der Waals surface area contributed by atoms with Crippen LogP contribution < -0.4 is 4.74 Å². The fourth-order valence-corrected chi connectivity index (χ4v) is 3.77. The van der Waals surface area contributed by atoms with Crippen LogP contribution in [0.2, 0.25) is 6.04 Å². The van der Waals surface area contributed by atoms with Crippen LogP contribution in [0.25, 0.3) is 0 Å². The molecule has 114 valence electrons. The molecule has 0 aliphatic rings. The molecule has 0 unspecified atom stereocenters. The van der Waals surface area contributed by atoms with Gasteiger partial charge in [-0.1, -0.05) is 31.4 Å². The van der Waals surface area contributed by atoms with Crippen molar-refractivity contribution in [3.63, 3.8) is 0 Å². The van der Waals surface area contributed by atoms with Gasteiger partial charge >= 0.3 is 8.80 Å². The largest absolute Gasteiger partial charge is 0.725 e. The summed E-state index contributed by atoms with van der Waals surface area (Å²) in [6.45, 7) is 3.97. The normalized spacial score (nSPS) is 9.82. The quantitative estimate of drug-likeness (QED) is 0.573. The minimum absolute atomic E-state index is 0.360. The van der Waals surface area contributed by atoms with E-state index in [9.17, 15) is 0 Å². The standard InChI is InChI=1S/C17H18O4Si/c1-7-19-22(20-8-2,21-9-3)13-12-16-11-10-14(4)17(18-6)15(16)5/h1-3,10-11H,12-13H2,4-6H3. The summed E-state index contributed by atoms with van der Waals surface area (Å²) in [5.74, 6) is 0.846. The van der Waals surface area contributed by atoms with Crippen molar-refractivity contribution in [3.8, 4) is 43.3 Å². The Morgan fingerprint density at radius 1 is 1.00 bits per heavy atom. The lowest BCUT2D eigenvalue weighted by Gasteiger charge is -2.21. The fraction of sp³-hybridized carbons (Fsp3) is 0.294. The molecule has 0 N–H and O–H groups in total. The highest BCUT2D eigenvalue weighted by Crippen LogP contribution is 2.28. The van der Waals surface area contributed by atoms with E-state index in [2.05, 4.69) is 18.3 Å². The number of benzene rings is 1. The summed E-state index contributed by atoms with van der Waals surface area (Å²) >= 11 is 0. The van der Waals surface area contributed by atoms with Crippen molar-refractivity contribution >= 4 is 8.80 Å². The average Bonchev–Trinajstić information content (AvgIpc) is 2.48. The van der Waals surface area contributed by atoms with E-state index in [-0.39, 0.29) is 0 Å². The Balaban J connectivity index is 3.02. The third-order valence-electron chi connectivity index (χ3n) is 3.26. The molecule has 0 atom stereocenters. The predicted molar refractivity (Wildman–Crippen MR) is 86.5 cm³/mol. The van der Waals surface area contributed by atoms with Crippen LogP contribution in [0.5, 0.6) is 5.75 Å². The van der Waals surface area contributed by atoms with Gasteiger partial charge in [0.25, 0.3) is 0 Å². The molecule has 0 aliphatic carbocycles. The van der Waals surface area contributed by atoms with Crippen LogP contribution in [0.3, 0.4) is 0 Å². The van der Waals surface area contributed by atoms with Crippen molar-refractivity contribution in [2.45, 2.75) is 26.3 Å². The second kappa shape index (κ2) is 7.93. The van der Waals surface area contributed by atoms with E-state index in [0.717, 1.165) is 22.4 Å². The van der Waals surface area contributed by atoms with Gasteiger partial charge in [-0.05, 0) is 37.0 Å². The van der Waals surface area contributed by atoms with Gasteiger partial charge in [0.1, 0.15) is 5.75 Å². The molecule has 1 rings (SSSR count). The van der Waals surface area contributed by atoms with Gasteiger partial charge in [0.05, 0.1) is 31.5 Å². The molecule has 0 amide bonds. The van der Waals surface area contributed by atoms with Crippen LogP contribution >= 0.6 is 0 Å². The zero-order valence-corrected chi connectivity index (χ0v) is 13.9. The minimum atomic E-state index is -3.29. The highest BCUT2D eigenvalue weighted by atomic mass is 28.4. The van der Waals surface area contributed by atoms with E-state index >= 15 is 0 Å². The van der Waals surface area contributed by atoms with E-state index in [1.54, 1.807) is 7.11 Å². The molecular weight excluding hydrogens is 296 g/mol. The second-order valence-electron chi connectivity index (χ2n) is 4.54. The molecule has 0 fully saturated rings. The van der Waals surface area contributed by atoms with E-state index in [0.29, 0.717) is 12.5 Å². The van der Waals surface area contributed by atoms with Crippen molar-refractivity contribution in [2.24, 2.45) is 0 Å². The summed E-state index contributed by atoms with van der Waals surface area (Å²) in [6, 6.07) is 4.35. The number of hydrogen-bond donors (Lipinski definition) is 0. The van der Waals surface area contributed by atoms with Crippen molar-refractivity contribution in [1.29, 1.82) is 0 Å². The molecule has 1 aromatic rings. The molecular formula is C17H18O4Si. The number of methoxy groups -OCH3 is 1. The third-order valence-corrected chi connectivity index (χ3v) is 5.41. The number of hydrogen-bond acceptors (Lipinski definition) is 4. The van der Waals surface area contributed by atoms with Gasteiger partial charge < -0.3 is 18.0 Å². The van der Waals surface area contributed by atoms with Crippen LogP contribution in [-0.4, -0.2) is 15.9 Å². The number of rotatable bonds is 7. The Morgan fingerprint density at radius 2 is 1.55 bits per heavy atom. The van der Waals surface area contributed by atoms with E-state index < -0.39 is 8.80 Å². The SMILES string of the molecule is C#CO[Si](CCc1ccc(C)c(OC)c1C)(OC#C)OC#C. The Labute approximate surface area is 133 Å². The summed E-state index contributed by atoms with van der Waals surface area (Å²) in [7, 11) is -1.65. The maximum atomic E-state index is 5.41. The van der Waals surface area contributed by atoms with Crippen LogP contribution in [0.1, 0.15) is 16.7 Å². The summed E-state index contributed by atoms with van der Waals surface area (Å²) < 4.78 is 20.9. The minimum Gasteiger partial charge on any atom is -0.496 e. The monoisotopic (exact) mass is 314 g/mol. The molecule has 0 saturated heterocycles. The molecule has 1 aromatic carbocycles. The van der Waals surface area contributed by atoms with E-state index in [1.807, 2.05) is 26.0 Å². The lowest BCUT2D eigenvalue weighted by atomic mass is 10.0. The maximum absolute atomic E-state index is 5.41. The van der Waals surface area contributed by atoms with Crippen LogP contribution in [0.4, 0.5) is 0 Å². The molecule has 0 saturated carbocycles. The van der Waals surface area contributed by atoms with Gasteiger partial charge in [0, 0.05) is 0 Å². The average molecular weight is 314 g/mol. The Kier molecular flexibility index (Phi) is 6.26. The molecule has 0 radical (unpaired) electrons. The van der Waals surface area contributed by atoms with Gasteiger partial charge in [-0.2, -0.15) is 0 Å². The van der Waals surface area contributed by atoms with Gasteiger partial charge in [-0.25, -0.2) is 0 Å². The first-order valence-electron chi connectivity index (χ1n) is 6.57. The van der Waals surface area contributed by atoms with Gasteiger partial charge in [-0.15, -0.1) is 0 Å². The number of terminal acetylenes is 3. The molecule has 5 heteroatoms. The van der Waals surface area contributed by atoms with Crippen molar-refractivity contribution in [1.82, 2.24) is 0 Å². The first kappa shape index (κ1) is 17.4. The summed E-state index contributed by atoms with van der Waals surface area (Å²) in [6.07, 6.45) is 22.3. The predicted octanol–water partition coefficient (Wildman–Crippen LogP) is 2.62. The zero-order chi connectivity index (χ0) is 16.6. The molecule has 22 heavy (non-hydrogen) atoms. The summed E-state index contributed by atoms with van der Waals surface area (Å²) in [5, 5.41) is 0. The highest BCUT2D eigenvalue weighted by molar-refractivity contribution is 6.61. The topological polar surface area (TPSA) is 36.9 Å². The lowest BCUT2D eigenvalue weighted by Crippen LogP contribution is -2.42. The first-order valence-corrected chi connectivity index (χ1v) is 8.50. The molecule has 0 bridgehead atoms. The summed E-state index contributed by atoms with van der Waals surface area (Å²) in [4.78, 5) is 0. The molecule has 0 heterocycles. The van der Waals surface area contributed by atoms with Crippen LogP contribution in [-0.2, 0) is 19.7 Å². The van der Waals surface area contributed by atoms with Crippen LogP contribution in [0, 0.1) is 51.4 Å².